The fourth-order valence-electron chi connectivity index (χ4n) is 3.38. The van der Waals surface area contributed by atoms with Gasteiger partial charge in [0.2, 0.25) is 11.8 Å². The van der Waals surface area contributed by atoms with Crippen LogP contribution in [0.2, 0.25) is 0 Å². The molecule has 2 amide bonds. The molecule has 2 N–H and O–H groups in total. The average molecular weight is 388 g/mol. The molecule has 3 heterocycles. The van der Waals surface area contributed by atoms with Gasteiger partial charge in [-0.2, -0.15) is 0 Å². The van der Waals surface area contributed by atoms with Gasteiger partial charge in [-0.05, 0) is 31.9 Å². The number of ether oxygens (including phenoxy) is 1. The highest BCUT2D eigenvalue weighted by Gasteiger charge is 2.33. The molecule has 1 saturated heterocycles. The van der Waals surface area contributed by atoms with Gasteiger partial charge in [-0.1, -0.05) is 20.4 Å². The predicted molar refractivity (Wildman–Crippen MR) is 106 cm³/mol. The molecule has 1 aromatic heterocycles. The molecule has 1 fully saturated rings. The number of carbonyl (C=O) groups excluding carboxylic acids is 2. The zero-order valence-electron chi connectivity index (χ0n) is 15.9. The molecule has 1 aromatic rings. The van der Waals surface area contributed by atoms with E-state index in [9.17, 15) is 9.59 Å². The fourth-order valence-corrected chi connectivity index (χ4v) is 4.42. The second kappa shape index (κ2) is 7.68. The minimum absolute atomic E-state index is 0.0969. The van der Waals surface area contributed by atoms with Gasteiger partial charge in [-0.3, -0.25) is 9.59 Å². The Bertz CT molecular complexity index is 851. The third kappa shape index (κ3) is 4.13. The van der Waals surface area contributed by atoms with E-state index in [0.717, 1.165) is 33.3 Å². The van der Waals surface area contributed by atoms with Crippen molar-refractivity contribution >= 4 is 28.7 Å². The number of likely N-dealkylation sites (tertiary alicyclic amines) is 1. The third-order valence-corrected chi connectivity index (χ3v) is 5.95. The van der Waals surface area contributed by atoms with Gasteiger partial charge in [0.1, 0.15) is 22.6 Å². The summed E-state index contributed by atoms with van der Waals surface area (Å²) in [6.45, 7) is 10.6. The van der Waals surface area contributed by atoms with Crippen LogP contribution in [0.1, 0.15) is 42.3 Å². The highest BCUT2D eigenvalue weighted by molar-refractivity contribution is 7.13. The molecule has 0 spiro atoms. The van der Waals surface area contributed by atoms with Crippen LogP contribution in [-0.2, 0) is 20.7 Å². The molecule has 6 nitrogen and oxygen atoms in total. The summed E-state index contributed by atoms with van der Waals surface area (Å²) in [5, 5.41) is 0.736. The summed E-state index contributed by atoms with van der Waals surface area (Å²) in [6, 6.07) is -0.490. The summed E-state index contributed by atoms with van der Waals surface area (Å²) in [5.41, 5.74) is 7.29. The molecular formula is C20H25N3O3S. The van der Waals surface area contributed by atoms with E-state index >= 15 is 0 Å². The number of allylic oxidation sites excluding steroid dienone is 4. The Hall–Kier alpha value is -2.41. The molecule has 3 rings (SSSR count). The van der Waals surface area contributed by atoms with Crippen LogP contribution < -0.4 is 5.73 Å². The first-order valence-corrected chi connectivity index (χ1v) is 9.93. The summed E-state index contributed by atoms with van der Waals surface area (Å²) in [6.07, 6.45) is 5.53. The van der Waals surface area contributed by atoms with E-state index in [-0.39, 0.29) is 18.2 Å². The molecule has 27 heavy (non-hydrogen) atoms. The molecule has 1 atom stereocenters. The van der Waals surface area contributed by atoms with Crippen molar-refractivity contribution in [3.8, 4) is 0 Å². The van der Waals surface area contributed by atoms with Crippen LogP contribution in [0, 0.1) is 12.8 Å². The number of nitrogens with two attached hydrogens (primary N) is 1. The van der Waals surface area contributed by atoms with Crippen LogP contribution in [0.4, 0.5) is 0 Å². The van der Waals surface area contributed by atoms with Crippen molar-refractivity contribution in [3.63, 3.8) is 0 Å². The van der Waals surface area contributed by atoms with Crippen LogP contribution in [0.5, 0.6) is 0 Å². The monoisotopic (exact) mass is 387 g/mol. The van der Waals surface area contributed by atoms with Crippen molar-refractivity contribution in [2.45, 2.75) is 46.1 Å². The molecule has 0 bridgehead atoms. The molecule has 0 unspecified atom stereocenters. The number of carbonyl (C=O) groups is 2. The number of rotatable bonds is 5. The predicted octanol–water partition coefficient (Wildman–Crippen LogP) is 2.94. The number of aromatic nitrogens is 1. The largest absolute Gasteiger partial charge is 0.462 e. The van der Waals surface area contributed by atoms with Gasteiger partial charge in [0, 0.05) is 18.0 Å². The third-order valence-electron chi connectivity index (χ3n) is 4.74. The van der Waals surface area contributed by atoms with Gasteiger partial charge < -0.3 is 15.4 Å². The zero-order chi connectivity index (χ0) is 19.7. The Balaban J connectivity index is 1.80. The smallest absolute Gasteiger partial charge is 0.240 e. The van der Waals surface area contributed by atoms with Crippen LogP contribution >= 0.6 is 11.3 Å². The Morgan fingerprint density at radius 2 is 2.19 bits per heavy atom. The van der Waals surface area contributed by atoms with Gasteiger partial charge in [0.05, 0.1) is 17.0 Å². The van der Waals surface area contributed by atoms with Crippen molar-refractivity contribution in [1.82, 2.24) is 9.88 Å². The highest BCUT2D eigenvalue weighted by atomic mass is 32.1. The maximum Gasteiger partial charge on any atom is 0.240 e. The summed E-state index contributed by atoms with van der Waals surface area (Å²) in [7, 11) is 0. The molecule has 144 valence electrons. The quantitative estimate of drug-likeness (QED) is 0.842. The van der Waals surface area contributed by atoms with Crippen molar-refractivity contribution in [1.29, 1.82) is 0 Å². The van der Waals surface area contributed by atoms with Crippen molar-refractivity contribution in [2.24, 2.45) is 11.7 Å². The lowest BCUT2D eigenvalue weighted by Crippen LogP contribution is -2.44. The molecule has 0 saturated carbocycles. The second-order valence-corrected chi connectivity index (χ2v) is 8.30. The second-order valence-electron chi connectivity index (χ2n) is 7.22. The maximum atomic E-state index is 12.6. The van der Waals surface area contributed by atoms with Crippen LogP contribution in [0.3, 0.4) is 0 Å². The van der Waals surface area contributed by atoms with Gasteiger partial charge in [-0.15, -0.1) is 11.3 Å². The summed E-state index contributed by atoms with van der Waals surface area (Å²) < 4.78 is 5.68. The number of thiazole rings is 1. The summed E-state index contributed by atoms with van der Waals surface area (Å²) >= 11 is 1.49. The van der Waals surface area contributed by atoms with E-state index in [0.29, 0.717) is 18.7 Å². The first kappa shape index (κ1) is 19.4. The number of hydrogen-bond donors (Lipinski definition) is 1. The van der Waals surface area contributed by atoms with E-state index in [4.69, 9.17) is 10.5 Å². The first-order valence-electron chi connectivity index (χ1n) is 9.11. The highest BCUT2D eigenvalue weighted by Crippen LogP contribution is 2.34. The van der Waals surface area contributed by atoms with E-state index < -0.39 is 11.9 Å². The molecule has 2 aliphatic heterocycles. The number of amides is 2. The molecule has 0 radical (unpaired) electrons. The number of nitrogens with zero attached hydrogens (tertiary/aromatic N) is 2. The standard InChI is InChI=1S/C20H25N3O3S/c1-11(2)16-9-14(8-12(3)26-16)19-13(4)22-17(27-19)10-18(24)23-7-5-6-15(23)20(21)25/h8-9,11,15H,3,5-7,10H2,1-2,4H3,(H2,21,25)/t15-/m0/s1. The SMILES string of the molecule is C=C1C=C(c2sc(CC(=O)N3CCC[C@H]3C(N)=O)nc2C)C=C(C(C)C)O1. The Morgan fingerprint density at radius 1 is 1.44 bits per heavy atom. The number of aryl methyl sites for hydroxylation is 1. The average Bonchev–Trinajstić information content (AvgIpc) is 3.21. The molecule has 2 aliphatic rings. The summed E-state index contributed by atoms with van der Waals surface area (Å²) in [5.74, 6) is 1.18. The van der Waals surface area contributed by atoms with E-state index in [1.807, 2.05) is 19.1 Å². The minimum Gasteiger partial charge on any atom is -0.462 e. The summed E-state index contributed by atoms with van der Waals surface area (Å²) in [4.78, 5) is 31.3. The lowest BCUT2D eigenvalue weighted by molar-refractivity contribution is -0.136. The van der Waals surface area contributed by atoms with Gasteiger partial charge in [0.25, 0.3) is 0 Å². The normalized spacial score (nSPS) is 19.8. The van der Waals surface area contributed by atoms with E-state index in [2.05, 4.69) is 25.4 Å². The van der Waals surface area contributed by atoms with Gasteiger partial charge in [0.15, 0.2) is 0 Å². The molecular weight excluding hydrogens is 362 g/mol. The zero-order valence-corrected chi connectivity index (χ0v) is 16.8. The Kier molecular flexibility index (Phi) is 5.51. The Morgan fingerprint density at radius 3 is 2.85 bits per heavy atom. The van der Waals surface area contributed by atoms with Crippen LogP contribution in [0.25, 0.3) is 5.57 Å². The number of hydrogen-bond acceptors (Lipinski definition) is 5. The van der Waals surface area contributed by atoms with E-state index in [1.165, 1.54) is 11.3 Å². The lowest BCUT2D eigenvalue weighted by Gasteiger charge is -2.21. The number of primary amides is 1. The first-order chi connectivity index (χ1) is 12.8. The van der Waals surface area contributed by atoms with Crippen molar-refractivity contribution < 1.29 is 14.3 Å². The minimum atomic E-state index is -0.490. The topological polar surface area (TPSA) is 85.5 Å². The van der Waals surface area contributed by atoms with Gasteiger partial charge in [-0.25, -0.2) is 4.98 Å². The van der Waals surface area contributed by atoms with E-state index in [1.54, 1.807) is 4.90 Å². The Labute approximate surface area is 163 Å². The van der Waals surface area contributed by atoms with Crippen LogP contribution in [-0.4, -0.2) is 34.3 Å². The fraction of sp³-hybridized carbons (Fsp3) is 0.450. The van der Waals surface area contributed by atoms with Crippen molar-refractivity contribution in [3.05, 3.63) is 45.8 Å². The maximum absolute atomic E-state index is 12.6. The molecule has 7 heteroatoms. The lowest BCUT2D eigenvalue weighted by atomic mass is 10.0. The van der Waals surface area contributed by atoms with Crippen molar-refractivity contribution in [2.75, 3.05) is 6.54 Å². The molecule has 0 aromatic carbocycles. The van der Waals surface area contributed by atoms with Gasteiger partial charge >= 0.3 is 0 Å². The molecule has 0 aliphatic carbocycles. The van der Waals surface area contributed by atoms with Crippen LogP contribution in [0.15, 0.2) is 30.2 Å².